The van der Waals surface area contributed by atoms with Crippen molar-refractivity contribution in [3.05, 3.63) is 30.3 Å². The fraction of sp³-hybridized carbons (Fsp3) is 0.273. The summed E-state index contributed by atoms with van der Waals surface area (Å²) >= 11 is 0. The molecule has 0 atom stereocenters. The van der Waals surface area contributed by atoms with Gasteiger partial charge in [-0.3, -0.25) is 4.79 Å². The minimum Gasteiger partial charge on any atom is -0.466 e. The second-order valence-electron chi connectivity index (χ2n) is 2.61. The monoisotopic (exact) mass is 226 g/mol. The third kappa shape index (κ3) is 8.55. The smallest absolute Gasteiger partial charge is 0.466 e. The molecule has 88 valence electrons. The lowest BCUT2D eigenvalue weighted by atomic mass is 10.3. The van der Waals surface area contributed by atoms with E-state index < -0.39 is 6.16 Å². The van der Waals surface area contributed by atoms with Gasteiger partial charge in [0, 0.05) is 6.92 Å². The van der Waals surface area contributed by atoms with Crippen LogP contribution in [0.25, 0.3) is 0 Å². The zero-order chi connectivity index (χ0) is 12.4. The van der Waals surface area contributed by atoms with E-state index >= 15 is 0 Å². The number of carboxylic acid groups (broad SMARTS) is 1. The van der Waals surface area contributed by atoms with Crippen LogP contribution in [0.2, 0.25) is 0 Å². The standard InChI is InChI=1S/C7H6O3.C4H8O2/c8-7(9)10-6-4-2-1-3-5-6;1-3-6-4(2)5/h1-5H,(H,8,9);3H2,1-2H3. The Morgan fingerprint density at radius 2 is 1.81 bits per heavy atom. The Hall–Kier alpha value is -2.04. The van der Waals surface area contributed by atoms with Gasteiger partial charge in [-0.25, -0.2) is 4.79 Å². The molecule has 0 aliphatic heterocycles. The molecule has 1 N–H and O–H groups in total. The molecule has 0 unspecified atom stereocenters. The van der Waals surface area contributed by atoms with Gasteiger partial charge < -0.3 is 14.6 Å². The molecule has 0 aliphatic rings. The Kier molecular flexibility index (Phi) is 7.23. The molecule has 0 saturated carbocycles. The molecule has 0 spiro atoms. The van der Waals surface area contributed by atoms with Crippen molar-refractivity contribution in [2.45, 2.75) is 13.8 Å². The van der Waals surface area contributed by atoms with Gasteiger partial charge in [0.1, 0.15) is 5.75 Å². The number of benzene rings is 1. The summed E-state index contributed by atoms with van der Waals surface area (Å²) in [6, 6.07) is 8.35. The lowest BCUT2D eigenvalue weighted by molar-refractivity contribution is -0.140. The maximum Gasteiger partial charge on any atom is 0.511 e. The van der Waals surface area contributed by atoms with Gasteiger partial charge in [0.25, 0.3) is 0 Å². The van der Waals surface area contributed by atoms with Crippen molar-refractivity contribution < 1.29 is 24.2 Å². The number of rotatable bonds is 2. The van der Waals surface area contributed by atoms with E-state index in [0.29, 0.717) is 12.4 Å². The molecular formula is C11H14O5. The highest BCUT2D eigenvalue weighted by molar-refractivity contribution is 5.65. The van der Waals surface area contributed by atoms with Crippen molar-refractivity contribution in [3.8, 4) is 5.75 Å². The minimum absolute atomic E-state index is 0.211. The van der Waals surface area contributed by atoms with Crippen LogP contribution in [0.1, 0.15) is 13.8 Å². The predicted octanol–water partition coefficient (Wildman–Crippen LogP) is 2.31. The number of para-hydroxylation sites is 1. The molecule has 5 heteroatoms. The Morgan fingerprint density at radius 3 is 2.12 bits per heavy atom. The van der Waals surface area contributed by atoms with Gasteiger partial charge in [0.05, 0.1) is 6.61 Å². The van der Waals surface area contributed by atoms with Gasteiger partial charge in [0.2, 0.25) is 0 Å². The zero-order valence-electron chi connectivity index (χ0n) is 9.17. The zero-order valence-corrected chi connectivity index (χ0v) is 9.17. The lowest BCUT2D eigenvalue weighted by Crippen LogP contribution is -2.02. The molecule has 0 radical (unpaired) electrons. The van der Waals surface area contributed by atoms with Crippen LogP contribution in [0.5, 0.6) is 5.75 Å². The fourth-order valence-corrected chi connectivity index (χ4v) is 0.793. The quantitative estimate of drug-likeness (QED) is 0.618. The van der Waals surface area contributed by atoms with Crippen LogP contribution >= 0.6 is 0 Å². The van der Waals surface area contributed by atoms with Crippen molar-refractivity contribution in [3.63, 3.8) is 0 Å². The van der Waals surface area contributed by atoms with Crippen LogP contribution in [0.4, 0.5) is 4.79 Å². The highest BCUT2D eigenvalue weighted by Crippen LogP contribution is 2.07. The van der Waals surface area contributed by atoms with Crippen molar-refractivity contribution in [2.24, 2.45) is 0 Å². The van der Waals surface area contributed by atoms with Crippen molar-refractivity contribution in [1.82, 2.24) is 0 Å². The predicted molar refractivity (Wildman–Crippen MR) is 57.4 cm³/mol. The molecule has 0 aliphatic carbocycles. The lowest BCUT2D eigenvalue weighted by Gasteiger charge is -1.95. The largest absolute Gasteiger partial charge is 0.511 e. The molecule has 0 saturated heterocycles. The molecule has 5 nitrogen and oxygen atoms in total. The van der Waals surface area contributed by atoms with Crippen molar-refractivity contribution in [2.75, 3.05) is 6.61 Å². The van der Waals surface area contributed by atoms with Crippen LogP contribution < -0.4 is 4.74 Å². The van der Waals surface area contributed by atoms with Gasteiger partial charge in [-0.1, -0.05) is 18.2 Å². The molecule has 0 amide bonds. The van der Waals surface area contributed by atoms with E-state index in [2.05, 4.69) is 9.47 Å². The molecule has 1 aromatic carbocycles. The highest BCUT2D eigenvalue weighted by atomic mass is 16.7. The van der Waals surface area contributed by atoms with Crippen LogP contribution in [0, 0.1) is 0 Å². The molecule has 1 rings (SSSR count). The average molecular weight is 226 g/mol. The first-order valence-electron chi connectivity index (χ1n) is 4.65. The first-order valence-corrected chi connectivity index (χ1v) is 4.65. The van der Waals surface area contributed by atoms with Gasteiger partial charge in [-0.15, -0.1) is 0 Å². The topological polar surface area (TPSA) is 72.8 Å². The van der Waals surface area contributed by atoms with Gasteiger partial charge in [-0.2, -0.15) is 0 Å². The molecule has 0 bridgehead atoms. The molecule has 1 aromatic rings. The van der Waals surface area contributed by atoms with Crippen LogP contribution in [-0.2, 0) is 9.53 Å². The number of carbonyl (C=O) groups is 2. The Bertz CT molecular complexity index is 320. The number of hydrogen-bond acceptors (Lipinski definition) is 4. The summed E-state index contributed by atoms with van der Waals surface area (Å²) in [5.41, 5.74) is 0. The van der Waals surface area contributed by atoms with E-state index in [1.54, 1.807) is 37.3 Å². The second-order valence-corrected chi connectivity index (χ2v) is 2.61. The SMILES string of the molecule is CCOC(C)=O.O=C(O)Oc1ccccc1. The van der Waals surface area contributed by atoms with E-state index in [1.807, 2.05) is 0 Å². The van der Waals surface area contributed by atoms with Gasteiger partial charge >= 0.3 is 12.1 Å². The molecular weight excluding hydrogens is 212 g/mol. The van der Waals surface area contributed by atoms with Crippen LogP contribution in [0.15, 0.2) is 30.3 Å². The van der Waals surface area contributed by atoms with Crippen LogP contribution in [-0.4, -0.2) is 23.8 Å². The molecule has 0 fully saturated rings. The highest BCUT2D eigenvalue weighted by Gasteiger charge is 1.96. The molecule has 0 heterocycles. The fourth-order valence-electron chi connectivity index (χ4n) is 0.793. The Morgan fingerprint density at radius 1 is 1.25 bits per heavy atom. The van der Waals surface area contributed by atoms with Crippen molar-refractivity contribution in [1.29, 1.82) is 0 Å². The minimum atomic E-state index is -1.29. The number of hydrogen-bond donors (Lipinski definition) is 1. The second kappa shape index (κ2) is 8.28. The van der Waals surface area contributed by atoms with Gasteiger partial charge in [0.15, 0.2) is 0 Å². The van der Waals surface area contributed by atoms with E-state index in [-0.39, 0.29) is 5.97 Å². The number of ether oxygens (including phenoxy) is 2. The maximum absolute atomic E-state index is 9.95. The number of esters is 1. The summed E-state index contributed by atoms with van der Waals surface area (Å²) in [6.45, 7) is 3.65. The third-order valence-corrected chi connectivity index (χ3v) is 1.30. The Balaban J connectivity index is 0.000000325. The van der Waals surface area contributed by atoms with Gasteiger partial charge in [-0.05, 0) is 19.1 Å². The van der Waals surface area contributed by atoms with E-state index in [0.717, 1.165) is 0 Å². The summed E-state index contributed by atoms with van der Waals surface area (Å²) in [5, 5.41) is 8.14. The first-order chi connectivity index (χ1) is 7.56. The van der Waals surface area contributed by atoms with E-state index in [4.69, 9.17) is 5.11 Å². The summed E-state index contributed by atoms with van der Waals surface area (Å²) in [5.74, 6) is 0.132. The molecule has 0 aromatic heterocycles. The molecule has 16 heavy (non-hydrogen) atoms. The van der Waals surface area contributed by atoms with E-state index in [1.165, 1.54) is 6.92 Å². The van der Waals surface area contributed by atoms with Crippen molar-refractivity contribution >= 4 is 12.1 Å². The Labute approximate surface area is 93.6 Å². The normalized spacial score (nSPS) is 8.38. The summed E-state index contributed by atoms with van der Waals surface area (Å²) in [6.07, 6.45) is -1.29. The average Bonchev–Trinajstić information content (AvgIpc) is 2.18. The first kappa shape index (κ1) is 14.0. The van der Waals surface area contributed by atoms with Crippen LogP contribution in [0.3, 0.4) is 0 Å². The summed E-state index contributed by atoms with van der Waals surface area (Å²) in [4.78, 5) is 19.8. The maximum atomic E-state index is 9.95. The summed E-state index contributed by atoms with van der Waals surface area (Å²) < 4.78 is 8.73. The summed E-state index contributed by atoms with van der Waals surface area (Å²) in [7, 11) is 0. The third-order valence-electron chi connectivity index (χ3n) is 1.30. The van der Waals surface area contributed by atoms with E-state index in [9.17, 15) is 9.59 Å². The number of carbonyl (C=O) groups excluding carboxylic acids is 1.